The predicted octanol–water partition coefficient (Wildman–Crippen LogP) is 2.88. The van der Waals surface area contributed by atoms with Crippen molar-refractivity contribution in [2.24, 2.45) is 7.05 Å². The maximum atomic E-state index is 13.2. The van der Waals surface area contributed by atoms with Gasteiger partial charge in [-0.1, -0.05) is 11.8 Å². The molecule has 0 saturated carbocycles. The third-order valence-electron chi connectivity index (χ3n) is 2.75. The summed E-state index contributed by atoms with van der Waals surface area (Å²) in [4.78, 5) is 0.652. The summed E-state index contributed by atoms with van der Waals surface area (Å²) in [6.07, 6.45) is 0. The van der Waals surface area contributed by atoms with Gasteiger partial charge < -0.3 is 5.32 Å². The molecule has 2 rings (SSSR count). The van der Waals surface area contributed by atoms with Crippen LogP contribution in [0.15, 0.2) is 28.1 Å². The molecule has 3 nitrogen and oxygen atoms in total. The molecule has 1 aromatic carbocycles. The largest absolute Gasteiger partial charge is 0.316 e. The van der Waals surface area contributed by atoms with Crippen molar-refractivity contribution in [2.75, 3.05) is 7.05 Å². The van der Waals surface area contributed by atoms with Crippen LogP contribution in [0.4, 0.5) is 8.78 Å². The predicted molar refractivity (Wildman–Crippen MR) is 71.2 cm³/mol. The van der Waals surface area contributed by atoms with E-state index in [0.29, 0.717) is 11.4 Å². The smallest absolute Gasteiger partial charge is 0.159 e. The number of hydrogen-bond acceptors (Lipinski definition) is 3. The second kappa shape index (κ2) is 5.71. The Balaban J connectivity index is 2.34. The zero-order valence-corrected chi connectivity index (χ0v) is 11.8. The first kappa shape index (κ1) is 14.0. The Hall–Kier alpha value is -1.40. The molecule has 19 heavy (non-hydrogen) atoms. The highest BCUT2D eigenvalue weighted by Crippen LogP contribution is 2.32. The zero-order valence-electron chi connectivity index (χ0n) is 11.0. The van der Waals surface area contributed by atoms with Crippen molar-refractivity contribution in [1.82, 2.24) is 15.1 Å². The third-order valence-corrected chi connectivity index (χ3v) is 3.94. The minimum Gasteiger partial charge on any atom is -0.316 e. The van der Waals surface area contributed by atoms with Crippen molar-refractivity contribution in [2.45, 2.75) is 23.4 Å². The van der Waals surface area contributed by atoms with Gasteiger partial charge in [0, 0.05) is 24.1 Å². The van der Waals surface area contributed by atoms with Crippen LogP contribution in [0.1, 0.15) is 11.3 Å². The highest BCUT2D eigenvalue weighted by Gasteiger charge is 2.14. The topological polar surface area (TPSA) is 29.9 Å². The molecular weight excluding hydrogens is 268 g/mol. The fraction of sp³-hybridized carbons (Fsp3) is 0.308. The first-order chi connectivity index (χ1) is 9.02. The zero-order chi connectivity index (χ0) is 14.0. The van der Waals surface area contributed by atoms with Crippen LogP contribution in [-0.4, -0.2) is 16.8 Å². The Morgan fingerprint density at radius 1 is 1.32 bits per heavy atom. The summed E-state index contributed by atoms with van der Waals surface area (Å²) in [6, 6.07) is 3.90. The molecule has 0 radical (unpaired) electrons. The van der Waals surface area contributed by atoms with Crippen molar-refractivity contribution < 1.29 is 8.78 Å². The van der Waals surface area contributed by atoms with Gasteiger partial charge in [0.05, 0.1) is 5.69 Å². The summed E-state index contributed by atoms with van der Waals surface area (Å²) in [7, 11) is 3.70. The van der Waals surface area contributed by atoms with Crippen molar-refractivity contribution in [3.05, 3.63) is 41.1 Å². The van der Waals surface area contributed by atoms with Gasteiger partial charge in [-0.3, -0.25) is 4.68 Å². The second-order valence-electron chi connectivity index (χ2n) is 4.20. The number of halogens is 2. The summed E-state index contributed by atoms with van der Waals surface area (Å²) in [6.45, 7) is 2.62. The van der Waals surface area contributed by atoms with Crippen LogP contribution in [0.25, 0.3) is 0 Å². The van der Waals surface area contributed by atoms with Gasteiger partial charge in [0.15, 0.2) is 11.6 Å². The summed E-state index contributed by atoms with van der Waals surface area (Å²) < 4.78 is 27.9. The average molecular weight is 283 g/mol. The lowest BCUT2D eigenvalue weighted by Crippen LogP contribution is -2.06. The quantitative estimate of drug-likeness (QED) is 0.935. The van der Waals surface area contributed by atoms with Crippen LogP contribution < -0.4 is 5.32 Å². The highest BCUT2D eigenvalue weighted by molar-refractivity contribution is 7.99. The molecule has 0 spiro atoms. The van der Waals surface area contributed by atoms with E-state index in [0.717, 1.165) is 22.3 Å². The van der Waals surface area contributed by atoms with Crippen LogP contribution in [0, 0.1) is 18.6 Å². The minimum absolute atomic E-state index is 0.652. The molecule has 0 aliphatic heterocycles. The Kier molecular flexibility index (Phi) is 4.21. The minimum atomic E-state index is -0.834. The number of nitrogens with one attached hydrogen (secondary N) is 1. The van der Waals surface area contributed by atoms with Crippen LogP contribution in [-0.2, 0) is 13.6 Å². The van der Waals surface area contributed by atoms with Crippen molar-refractivity contribution >= 4 is 11.8 Å². The van der Waals surface area contributed by atoms with Crippen molar-refractivity contribution in [3.63, 3.8) is 0 Å². The van der Waals surface area contributed by atoms with Crippen LogP contribution in [0.2, 0.25) is 0 Å². The number of rotatable bonds is 4. The molecule has 1 aromatic heterocycles. The van der Waals surface area contributed by atoms with Crippen LogP contribution >= 0.6 is 11.8 Å². The molecule has 6 heteroatoms. The molecular formula is C13H15F2N3S. The van der Waals surface area contributed by atoms with Gasteiger partial charge in [-0.25, -0.2) is 8.78 Å². The van der Waals surface area contributed by atoms with E-state index >= 15 is 0 Å². The molecule has 0 amide bonds. The molecule has 1 N–H and O–H groups in total. The molecule has 0 fully saturated rings. The molecule has 0 aliphatic rings. The van der Waals surface area contributed by atoms with E-state index in [4.69, 9.17) is 0 Å². The first-order valence-electron chi connectivity index (χ1n) is 5.83. The van der Waals surface area contributed by atoms with Crippen LogP contribution in [0.3, 0.4) is 0 Å². The van der Waals surface area contributed by atoms with E-state index in [1.807, 2.05) is 21.0 Å². The third kappa shape index (κ3) is 2.96. The van der Waals surface area contributed by atoms with E-state index in [1.54, 1.807) is 10.7 Å². The molecule has 1 heterocycles. The summed E-state index contributed by atoms with van der Waals surface area (Å²) in [5, 5.41) is 8.37. The lowest BCUT2D eigenvalue weighted by atomic mass is 10.3. The molecule has 2 aromatic rings. The maximum Gasteiger partial charge on any atom is 0.159 e. The fourth-order valence-electron chi connectivity index (χ4n) is 1.84. The SMILES string of the molecule is CNCc1c(C)nn(C)c1Sc1ccc(F)c(F)c1. The number of aryl methyl sites for hydroxylation is 2. The first-order valence-corrected chi connectivity index (χ1v) is 6.64. The molecule has 0 aliphatic carbocycles. The van der Waals surface area contributed by atoms with E-state index < -0.39 is 11.6 Å². The van der Waals surface area contributed by atoms with Gasteiger partial charge in [-0.2, -0.15) is 5.10 Å². The van der Waals surface area contributed by atoms with E-state index in [9.17, 15) is 8.78 Å². The summed E-state index contributed by atoms with van der Waals surface area (Å²) in [5.41, 5.74) is 2.00. The van der Waals surface area contributed by atoms with Gasteiger partial charge in [-0.15, -0.1) is 0 Å². The van der Waals surface area contributed by atoms with Crippen molar-refractivity contribution in [1.29, 1.82) is 0 Å². The Morgan fingerprint density at radius 2 is 2.05 bits per heavy atom. The molecule has 0 unspecified atom stereocenters. The fourth-order valence-corrected chi connectivity index (χ4v) is 2.88. The normalized spacial score (nSPS) is 11.0. The number of hydrogen-bond donors (Lipinski definition) is 1. The van der Waals surface area contributed by atoms with Gasteiger partial charge in [-0.05, 0) is 32.2 Å². The number of benzene rings is 1. The van der Waals surface area contributed by atoms with Gasteiger partial charge in [0.1, 0.15) is 5.03 Å². The highest BCUT2D eigenvalue weighted by atomic mass is 32.2. The van der Waals surface area contributed by atoms with E-state index in [-0.39, 0.29) is 0 Å². The van der Waals surface area contributed by atoms with E-state index in [2.05, 4.69) is 10.4 Å². The number of aromatic nitrogens is 2. The summed E-state index contributed by atoms with van der Waals surface area (Å²) in [5.74, 6) is -1.67. The molecule has 0 atom stereocenters. The standard InChI is InChI=1S/C13H15F2N3S/c1-8-10(7-16-2)13(18(3)17-8)19-9-4-5-11(14)12(15)6-9/h4-6,16H,7H2,1-3H3. The molecule has 0 saturated heterocycles. The average Bonchev–Trinajstić information content (AvgIpc) is 2.61. The second-order valence-corrected chi connectivity index (χ2v) is 5.26. The molecule has 0 bridgehead atoms. The molecule has 102 valence electrons. The Morgan fingerprint density at radius 3 is 2.68 bits per heavy atom. The van der Waals surface area contributed by atoms with Gasteiger partial charge in [0.25, 0.3) is 0 Å². The number of nitrogens with zero attached hydrogens (tertiary/aromatic N) is 2. The Bertz CT molecular complexity index is 596. The Labute approximate surface area is 115 Å². The van der Waals surface area contributed by atoms with Crippen molar-refractivity contribution in [3.8, 4) is 0 Å². The lowest BCUT2D eigenvalue weighted by Gasteiger charge is -2.06. The van der Waals surface area contributed by atoms with Gasteiger partial charge >= 0.3 is 0 Å². The lowest BCUT2D eigenvalue weighted by molar-refractivity contribution is 0.506. The maximum absolute atomic E-state index is 13.2. The summed E-state index contributed by atoms with van der Waals surface area (Å²) >= 11 is 1.38. The van der Waals surface area contributed by atoms with Gasteiger partial charge in [0.2, 0.25) is 0 Å². The van der Waals surface area contributed by atoms with Crippen LogP contribution in [0.5, 0.6) is 0 Å². The van der Waals surface area contributed by atoms with E-state index in [1.165, 1.54) is 17.8 Å². The monoisotopic (exact) mass is 283 g/mol.